The summed E-state index contributed by atoms with van der Waals surface area (Å²) in [4.78, 5) is 32.8. The molecule has 110 valence electrons. The molecule has 0 fully saturated rings. The molecular weight excluding hydrogens is 256 g/mol. The van der Waals surface area contributed by atoms with Gasteiger partial charge in [0.15, 0.2) is 0 Å². The molecule has 0 radical (unpaired) electrons. The van der Waals surface area contributed by atoms with Crippen molar-refractivity contribution < 1.29 is 19.1 Å². The first-order chi connectivity index (χ1) is 9.55. The zero-order valence-corrected chi connectivity index (χ0v) is 12.0. The molecule has 4 heteroatoms. The van der Waals surface area contributed by atoms with Crippen molar-refractivity contribution in [3.05, 3.63) is 23.8 Å². The predicted molar refractivity (Wildman–Crippen MR) is 76.1 cm³/mol. The minimum Gasteiger partial charge on any atom is -0.462 e. The zero-order chi connectivity index (χ0) is 15.0. The number of aldehydes is 2. The Balaban J connectivity index is 2.84. The van der Waals surface area contributed by atoms with Gasteiger partial charge in [-0.25, -0.2) is 4.79 Å². The molecule has 1 aliphatic carbocycles. The Morgan fingerprint density at radius 3 is 2.70 bits per heavy atom. The first-order valence-corrected chi connectivity index (χ1v) is 6.98. The summed E-state index contributed by atoms with van der Waals surface area (Å²) < 4.78 is 5.06. The highest BCUT2D eigenvalue weighted by molar-refractivity contribution is 5.89. The molecule has 0 aromatic carbocycles. The summed E-state index contributed by atoms with van der Waals surface area (Å²) >= 11 is 0. The Labute approximate surface area is 119 Å². The first kappa shape index (κ1) is 16.3. The van der Waals surface area contributed by atoms with Crippen molar-refractivity contribution in [3.8, 4) is 0 Å². The summed E-state index contributed by atoms with van der Waals surface area (Å²) in [5.74, 6) is -0.358. The lowest BCUT2D eigenvalue weighted by molar-refractivity contribution is -0.139. The summed E-state index contributed by atoms with van der Waals surface area (Å²) in [5, 5.41) is 0. The lowest BCUT2D eigenvalue weighted by atomic mass is 9.69. The molecule has 0 amide bonds. The highest BCUT2D eigenvalue weighted by Gasteiger charge is 2.33. The Kier molecular flexibility index (Phi) is 6.36. The normalized spacial score (nSPS) is 21.8. The molecule has 0 saturated heterocycles. The number of rotatable bonds is 8. The van der Waals surface area contributed by atoms with Gasteiger partial charge in [0.25, 0.3) is 0 Å². The van der Waals surface area contributed by atoms with E-state index in [2.05, 4.69) is 6.58 Å². The van der Waals surface area contributed by atoms with Crippen LogP contribution in [0.15, 0.2) is 23.8 Å². The molecule has 0 aliphatic heterocycles. The molecule has 0 spiro atoms. The van der Waals surface area contributed by atoms with Crippen LogP contribution in [0.2, 0.25) is 0 Å². The van der Waals surface area contributed by atoms with Crippen LogP contribution in [0, 0.1) is 5.41 Å². The fraction of sp³-hybridized carbons (Fsp3) is 0.562. The Bertz CT molecular complexity index is 422. The molecular formula is C16H22O4. The second-order valence-corrected chi connectivity index (χ2v) is 5.26. The van der Waals surface area contributed by atoms with Gasteiger partial charge in [0.1, 0.15) is 12.6 Å². The summed E-state index contributed by atoms with van der Waals surface area (Å²) in [5.41, 5.74) is 1.33. The van der Waals surface area contributed by atoms with Gasteiger partial charge < -0.3 is 14.3 Å². The lowest BCUT2D eigenvalue weighted by Gasteiger charge is -2.35. The fourth-order valence-corrected chi connectivity index (χ4v) is 2.59. The van der Waals surface area contributed by atoms with E-state index in [-0.39, 0.29) is 24.4 Å². The van der Waals surface area contributed by atoms with E-state index in [0.29, 0.717) is 24.8 Å². The summed E-state index contributed by atoms with van der Waals surface area (Å²) in [7, 11) is 0. The van der Waals surface area contributed by atoms with Gasteiger partial charge in [0, 0.05) is 23.8 Å². The first-order valence-electron chi connectivity index (χ1n) is 6.98. The number of allylic oxidation sites excluding steroid dienone is 2. The van der Waals surface area contributed by atoms with Crippen molar-refractivity contribution in [2.75, 3.05) is 6.61 Å². The largest absolute Gasteiger partial charge is 0.462 e. The molecule has 1 atom stereocenters. The van der Waals surface area contributed by atoms with Crippen LogP contribution in [0.3, 0.4) is 0 Å². The third-order valence-corrected chi connectivity index (χ3v) is 3.81. The van der Waals surface area contributed by atoms with Crippen LogP contribution < -0.4 is 0 Å². The minimum atomic E-state index is -0.358. The molecule has 0 aromatic heterocycles. The third-order valence-electron chi connectivity index (χ3n) is 3.81. The smallest absolute Gasteiger partial charge is 0.333 e. The number of ether oxygens (including phenoxy) is 1. The Morgan fingerprint density at radius 2 is 2.10 bits per heavy atom. The van der Waals surface area contributed by atoms with Crippen LogP contribution in [0.4, 0.5) is 0 Å². The highest BCUT2D eigenvalue weighted by atomic mass is 16.5. The van der Waals surface area contributed by atoms with E-state index in [0.717, 1.165) is 31.0 Å². The van der Waals surface area contributed by atoms with Crippen LogP contribution >= 0.6 is 0 Å². The molecule has 1 rings (SSSR count). The molecule has 1 aliphatic rings. The van der Waals surface area contributed by atoms with E-state index in [4.69, 9.17) is 4.74 Å². The summed E-state index contributed by atoms with van der Waals surface area (Å²) in [6.45, 7) is 6.07. The SMILES string of the molecule is C=C(C)[C@]1(CCC=O)C=C(C(=O)OCCC=O)CCC1. The molecule has 20 heavy (non-hydrogen) atoms. The van der Waals surface area contributed by atoms with Crippen molar-refractivity contribution >= 4 is 18.5 Å². The standard InChI is InChI=1S/C16H22O4/c1-13(2)16(8-4-9-17)7-3-6-14(12-16)15(19)20-11-5-10-18/h9-10,12H,1,3-8,11H2,2H3/t16-/m1/s1. The van der Waals surface area contributed by atoms with E-state index in [9.17, 15) is 14.4 Å². The maximum absolute atomic E-state index is 12.0. The quantitative estimate of drug-likeness (QED) is 0.296. The zero-order valence-electron chi connectivity index (χ0n) is 12.0. The van der Waals surface area contributed by atoms with Crippen LogP contribution in [-0.4, -0.2) is 25.1 Å². The molecule has 0 N–H and O–H groups in total. The number of hydrogen-bond acceptors (Lipinski definition) is 4. The second kappa shape index (κ2) is 7.78. The molecule has 0 saturated carbocycles. The fourth-order valence-electron chi connectivity index (χ4n) is 2.59. The predicted octanol–water partition coefficient (Wildman–Crippen LogP) is 2.77. The average Bonchev–Trinajstić information content (AvgIpc) is 2.45. The van der Waals surface area contributed by atoms with Gasteiger partial charge >= 0.3 is 5.97 Å². The topological polar surface area (TPSA) is 60.4 Å². The molecule has 4 nitrogen and oxygen atoms in total. The van der Waals surface area contributed by atoms with Crippen LogP contribution in [-0.2, 0) is 19.1 Å². The molecule has 0 heterocycles. The van der Waals surface area contributed by atoms with Gasteiger partial charge in [-0.1, -0.05) is 18.2 Å². The van der Waals surface area contributed by atoms with Crippen molar-refractivity contribution in [2.45, 2.75) is 45.4 Å². The van der Waals surface area contributed by atoms with E-state index < -0.39 is 0 Å². The Hall–Kier alpha value is -1.71. The van der Waals surface area contributed by atoms with Gasteiger partial charge in [-0.2, -0.15) is 0 Å². The Morgan fingerprint density at radius 1 is 1.40 bits per heavy atom. The number of carbonyl (C=O) groups is 3. The maximum Gasteiger partial charge on any atom is 0.333 e. The highest BCUT2D eigenvalue weighted by Crippen LogP contribution is 2.43. The van der Waals surface area contributed by atoms with Crippen LogP contribution in [0.1, 0.15) is 45.4 Å². The van der Waals surface area contributed by atoms with Crippen molar-refractivity contribution in [3.63, 3.8) is 0 Å². The summed E-state index contributed by atoms with van der Waals surface area (Å²) in [6, 6.07) is 0. The van der Waals surface area contributed by atoms with Gasteiger partial charge in [-0.05, 0) is 32.6 Å². The van der Waals surface area contributed by atoms with E-state index in [1.165, 1.54) is 0 Å². The molecule has 0 unspecified atom stereocenters. The van der Waals surface area contributed by atoms with E-state index in [1.54, 1.807) is 0 Å². The molecule has 0 aromatic rings. The van der Waals surface area contributed by atoms with Crippen molar-refractivity contribution in [1.82, 2.24) is 0 Å². The van der Waals surface area contributed by atoms with E-state index in [1.807, 2.05) is 13.0 Å². The third kappa shape index (κ3) is 4.15. The van der Waals surface area contributed by atoms with Gasteiger partial charge in [0.05, 0.1) is 6.61 Å². The maximum atomic E-state index is 12.0. The number of hydrogen-bond donors (Lipinski definition) is 0. The monoisotopic (exact) mass is 278 g/mol. The van der Waals surface area contributed by atoms with Gasteiger partial charge in [-0.3, -0.25) is 0 Å². The van der Waals surface area contributed by atoms with E-state index >= 15 is 0 Å². The minimum absolute atomic E-state index is 0.119. The van der Waals surface area contributed by atoms with Crippen molar-refractivity contribution in [1.29, 1.82) is 0 Å². The average molecular weight is 278 g/mol. The van der Waals surface area contributed by atoms with Gasteiger partial charge in [0.2, 0.25) is 0 Å². The second-order valence-electron chi connectivity index (χ2n) is 5.26. The lowest BCUT2D eigenvalue weighted by Crippen LogP contribution is -2.26. The van der Waals surface area contributed by atoms with Crippen LogP contribution in [0.25, 0.3) is 0 Å². The van der Waals surface area contributed by atoms with Crippen LogP contribution in [0.5, 0.6) is 0 Å². The van der Waals surface area contributed by atoms with Crippen molar-refractivity contribution in [2.24, 2.45) is 5.41 Å². The number of esters is 1. The molecule has 0 bridgehead atoms. The van der Waals surface area contributed by atoms with Gasteiger partial charge in [-0.15, -0.1) is 0 Å². The summed E-state index contributed by atoms with van der Waals surface area (Å²) in [6.07, 6.45) is 7.35. The number of carbonyl (C=O) groups excluding carboxylic acids is 3.